The highest BCUT2D eigenvalue weighted by Crippen LogP contribution is 2.08. The van der Waals surface area contributed by atoms with Gasteiger partial charge in [0.05, 0.1) is 0 Å². The molecule has 0 radical (unpaired) electrons. The normalized spacial score (nSPS) is 19.6. The Bertz CT molecular complexity index is 380. The number of amides is 2. The summed E-state index contributed by atoms with van der Waals surface area (Å²) in [5, 5.41) is 2.95. The second-order valence-corrected chi connectivity index (χ2v) is 4.82. The molecule has 1 aliphatic heterocycles. The zero-order valence-electron chi connectivity index (χ0n) is 10.6. The van der Waals surface area contributed by atoms with Crippen LogP contribution < -0.4 is 11.1 Å². The van der Waals surface area contributed by atoms with Crippen molar-refractivity contribution in [1.29, 1.82) is 0 Å². The molecule has 1 aromatic rings. The van der Waals surface area contributed by atoms with Crippen LogP contribution in [0.4, 0.5) is 4.79 Å². The molecule has 0 aromatic heterocycles. The number of likely N-dealkylation sites (tertiary alicyclic amines) is 1. The highest BCUT2D eigenvalue weighted by atomic mass is 16.2. The van der Waals surface area contributed by atoms with Gasteiger partial charge in [0.15, 0.2) is 0 Å². The number of benzene rings is 1. The highest BCUT2D eigenvalue weighted by Gasteiger charge is 2.20. The lowest BCUT2D eigenvalue weighted by Crippen LogP contribution is -2.49. The van der Waals surface area contributed by atoms with Gasteiger partial charge in [-0.05, 0) is 24.8 Å². The van der Waals surface area contributed by atoms with E-state index in [1.165, 1.54) is 5.56 Å². The largest absolute Gasteiger partial charge is 0.338 e. The molecule has 3 N–H and O–H groups in total. The Labute approximate surface area is 108 Å². The van der Waals surface area contributed by atoms with E-state index in [0.29, 0.717) is 13.1 Å². The Hall–Kier alpha value is -1.55. The zero-order chi connectivity index (χ0) is 12.8. The Morgan fingerprint density at radius 1 is 1.39 bits per heavy atom. The molecule has 0 unspecified atom stereocenters. The third kappa shape index (κ3) is 3.74. The molecule has 2 rings (SSSR count). The summed E-state index contributed by atoms with van der Waals surface area (Å²) in [7, 11) is 0. The lowest BCUT2D eigenvalue weighted by molar-refractivity contribution is 0.180. The molecule has 1 aromatic carbocycles. The van der Waals surface area contributed by atoms with Crippen LogP contribution in [-0.2, 0) is 6.42 Å². The maximum absolute atomic E-state index is 11.9. The molecule has 0 aliphatic carbocycles. The molecule has 4 nitrogen and oxygen atoms in total. The van der Waals surface area contributed by atoms with E-state index in [0.717, 1.165) is 25.8 Å². The Morgan fingerprint density at radius 3 is 2.89 bits per heavy atom. The van der Waals surface area contributed by atoms with Crippen molar-refractivity contribution in [2.24, 2.45) is 5.73 Å². The number of carbonyl (C=O) groups is 1. The predicted molar refractivity (Wildman–Crippen MR) is 72.3 cm³/mol. The third-order valence-corrected chi connectivity index (χ3v) is 3.28. The first-order chi connectivity index (χ1) is 8.75. The maximum Gasteiger partial charge on any atom is 0.317 e. The van der Waals surface area contributed by atoms with E-state index in [9.17, 15) is 4.79 Å². The van der Waals surface area contributed by atoms with E-state index in [1.54, 1.807) is 0 Å². The van der Waals surface area contributed by atoms with E-state index in [4.69, 9.17) is 5.73 Å². The molecule has 2 amide bonds. The van der Waals surface area contributed by atoms with Gasteiger partial charge in [-0.25, -0.2) is 4.79 Å². The second-order valence-electron chi connectivity index (χ2n) is 4.82. The summed E-state index contributed by atoms with van der Waals surface area (Å²) in [6.07, 6.45) is 2.90. The van der Waals surface area contributed by atoms with Crippen molar-refractivity contribution in [2.75, 3.05) is 19.6 Å². The molecule has 0 saturated carbocycles. The smallest absolute Gasteiger partial charge is 0.317 e. The van der Waals surface area contributed by atoms with Gasteiger partial charge in [0.2, 0.25) is 0 Å². The fraction of sp³-hybridized carbons (Fsp3) is 0.500. The van der Waals surface area contributed by atoms with Crippen LogP contribution in [0.2, 0.25) is 0 Å². The average molecular weight is 247 g/mol. The molecule has 98 valence electrons. The third-order valence-electron chi connectivity index (χ3n) is 3.28. The lowest BCUT2D eigenvalue weighted by atomic mass is 10.1. The number of hydrogen-bond donors (Lipinski definition) is 2. The fourth-order valence-corrected chi connectivity index (χ4v) is 2.26. The van der Waals surface area contributed by atoms with Crippen molar-refractivity contribution in [3.8, 4) is 0 Å². The van der Waals surface area contributed by atoms with Crippen LogP contribution in [0.25, 0.3) is 0 Å². The molecule has 1 atom stereocenters. The van der Waals surface area contributed by atoms with Gasteiger partial charge in [0.25, 0.3) is 0 Å². The SMILES string of the molecule is N[C@H]1CCCN(C(=O)NCCc2ccccc2)C1. The summed E-state index contributed by atoms with van der Waals surface area (Å²) in [6.45, 7) is 2.18. The fourth-order valence-electron chi connectivity index (χ4n) is 2.26. The predicted octanol–water partition coefficient (Wildman–Crippen LogP) is 1.36. The molecule has 4 heteroatoms. The first kappa shape index (κ1) is 12.9. The second kappa shape index (κ2) is 6.40. The molecule has 1 saturated heterocycles. The molecule has 1 heterocycles. The van der Waals surface area contributed by atoms with Crippen molar-refractivity contribution in [3.05, 3.63) is 35.9 Å². The van der Waals surface area contributed by atoms with Crippen LogP contribution in [0.5, 0.6) is 0 Å². The number of nitrogens with one attached hydrogen (secondary N) is 1. The van der Waals surface area contributed by atoms with E-state index in [2.05, 4.69) is 17.4 Å². The number of rotatable bonds is 3. The van der Waals surface area contributed by atoms with E-state index >= 15 is 0 Å². The first-order valence-electron chi connectivity index (χ1n) is 6.58. The van der Waals surface area contributed by atoms with Crippen molar-refractivity contribution < 1.29 is 4.79 Å². The molecule has 0 spiro atoms. The monoisotopic (exact) mass is 247 g/mol. The summed E-state index contributed by atoms with van der Waals surface area (Å²) < 4.78 is 0. The topological polar surface area (TPSA) is 58.4 Å². The maximum atomic E-state index is 11.9. The van der Waals surface area contributed by atoms with Crippen molar-refractivity contribution in [1.82, 2.24) is 10.2 Å². The quantitative estimate of drug-likeness (QED) is 0.847. The van der Waals surface area contributed by atoms with Gasteiger partial charge in [0, 0.05) is 25.7 Å². The van der Waals surface area contributed by atoms with Gasteiger partial charge in [-0.3, -0.25) is 0 Å². The van der Waals surface area contributed by atoms with Gasteiger partial charge < -0.3 is 16.0 Å². The summed E-state index contributed by atoms with van der Waals surface area (Å²) in [4.78, 5) is 13.7. The summed E-state index contributed by atoms with van der Waals surface area (Å²) in [6, 6.07) is 10.3. The van der Waals surface area contributed by atoms with Crippen molar-refractivity contribution in [2.45, 2.75) is 25.3 Å². The standard InChI is InChI=1S/C14H21N3O/c15-13-7-4-10-17(11-13)14(18)16-9-8-12-5-2-1-3-6-12/h1-3,5-6,13H,4,7-11,15H2,(H,16,18)/t13-/m0/s1. The highest BCUT2D eigenvalue weighted by molar-refractivity contribution is 5.74. The Balaban J connectivity index is 1.71. The summed E-state index contributed by atoms with van der Waals surface area (Å²) in [5.41, 5.74) is 7.10. The van der Waals surface area contributed by atoms with Crippen LogP contribution in [0.3, 0.4) is 0 Å². The van der Waals surface area contributed by atoms with E-state index in [1.807, 2.05) is 23.1 Å². The summed E-state index contributed by atoms with van der Waals surface area (Å²) >= 11 is 0. The molecule has 1 aliphatic rings. The number of nitrogens with zero attached hydrogens (tertiary/aromatic N) is 1. The average Bonchev–Trinajstić information content (AvgIpc) is 2.40. The van der Waals surface area contributed by atoms with Gasteiger partial charge in [-0.15, -0.1) is 0 Å². The van der Waals surface area contributed by atoms with Crippen LogP contribution in [0.15, 0.2) is 30.3 Å². The van der Waals surface area contributed by atoms with Crippen LogP contribution in [-0.4, -0.2) is 36.6 Å². The minimum atomic E-state index is 0.0149. The Morgan fingerprint density at radius 2 is 2.17 bits per heavy atom. The van der Waals surface area contributed by atoms with Gasteiger partial charge in [-0.1, -0.05) is 30.3 Å². The number of nitrogens with two attached hydrogens (primary N) is 1. The molecule has 18 heavy (non-hydrogen) atoms. The minimum Gasteiger partial charge on any atom is -0.338 e. The number of hydrogen-bond acceptors (Lipinski definition) is 2. The van der Waals surface area contributed by atoms with Crippen molar-refractivity contribution in [3.63, 3.8) is 0 Å². The molecule has 1 fully saturated rings. The number of carbonyl (C=O) groups excluding carboxylic acids is 1. The number of urea groups is 1. The lowest BCUT2D eigenvalue weighted by Gasteiger charge is -2.30. The first-order valence-corrected chi connectivity index (χ1v) is 6.58. The molecular formula is C14H21N3O. The minimum absolute atomic E-state index is 0.0149. The van der Waals surface area contributed by atoms with Gasteiger partial charge in [-0.2, -0.15) is 0 Å². The zero-order valence-corrected chi connectivity index (χ0v) is 10.6. The van der Waals surface area contributed by atoms with E-state index in [-0.39, 0.29) is 12.1 Å². The van der Waals surface area contributed by atoms with Crippen LogP contribution >= 0.6 is 0 Å². The number of piperidine rings is 1. The van der Waals surface area contributed by atoms with Crippen LogP contribution in [0.1, 0.15) is 18.4 Å². The van der Waals surface area contributed by atoms with E-state index < -0.39 is 0 Å². The Kier molecular flexibility index (Phi) is 4.59. The summed E-state index contributed by atoms with van der Waals surface area (Å²) in [5.74, 6) is 0. The van der Waals surface area contributed by atoms with Gasteiger partial charge >= 0.3 is 6.03 Å². The van der Waals surface area contributed by atoms with Crippen molar-refractivity contribution >= 4 is 6.03 Å². The van der Waals surface area contributed by atoms with Gasteiger partial charge in [0.1, 0.15) is 0 Å². The van der Waals surface area contributed by atoms with Crippen LogP contribution in [0, 0.1) is 0 Å². The molecule has 0 bridgehead atoms. The molecular weight excluding hydrogens is 226 g/mol.